The first-order chi connectivity index (χ1) is 13.9. The molecule has 0 spiro atoms. The Morgan fingerprint density at radius 1 is 1.17 bits per heavy atom. The van der Waals surface area contributed by atoms with Gasteiger partial charge in [0.15, 0.2) is 0 Å². The number of amides is 1. The van der Waals surface area contributed by atoms with Crippen molar-refractivity contribution in [3.63, 3.8) is 0 Å². The lowest BCUT2D eigenvalue weighted by atomic mass is 9.95. The van der Waals surface area contributed by atoms with Crippen molar-refractivity contribution in [2.24, 2.45) is 5.14 Å². The van der Waals surface area contributed by atoms with Crippen LogP contribution in [-0.2, 0) is 23.0 Å². The molecule has 1 aliphatic rings. The number of hydrogen-bond donors (Lipinski definition) is 2. The minimum absolute atomic E-state index is 0.000766. The fourth-order valence-corrected chi connectivity index (χ4v) is 4.21. The Morgan fingerprint density at radius 2 is 1.90 bits per heavy atom. The van der Waals surface area contributed by atoms with Gasteiger partial charge in [0.2, 0.25) is 10.0 Å². The maximum Gasteiger partial charge on any atom is 0.256 e. The minimum Gasteiger partial charge on any atom is -0.322 e. The van der Waals surface area contributed by atoms with E-state index in [1.165, 1.54) is 24.3 Å². The molecule has 0 aliphatic carbocycles. The van der Waals surface area contributed by atoms with Crippen molar-refractivity contribution >= 4 is 32.5 Å². The van der Waals surface area contributed by atoms with Crippen LogP contribution < -0.4 is 10.5 Å². The molecule has 1 amide bonds. The number of primary sulfonamides is 1. The van der Waals surface area contributed by atoms with Crippen LogP contribution in [0.2, 0.25) is 0 Å². The molecule has 0 saturated heterocycles. The molecule has 7 nitrogen and oxygen atoms in total. The van der Waals surface area contributed by atoms with E-state index in [2.05, 4.69) is 17.1 Å². The van der Waals surface area contributed by atoms with Gasteiger partial charge in [-0.1, -0.05) is 25.1 Å². The Morgan fingerprint density at radius 3 is 2.59 bits per heavy atom. The summed E-state index contributed by atoms with van der Waals surface area (Å²) in [5.41, 5.74) is 3.84. The second-order valence-electron chi connectivity index (χ2n) is 7.07. The van der Waals surface area contributed by atoms with E-state index in [-0.39, 0.29) is 10.8 Å². The first-order valence-corrected chi connectivity index (χ1v) is 11.0. The summed E-state index contributed by atoms with van der Waals surface area (Å²) in [5, 5.41) is 8.84. The fraction of sp³-hybridized carbons (Fsp3) is 0.238. The maximum atomic E-state index is 13.3. The molecule has 0 saturated carbocycles. The zero-order valence-corrected chi connectivity index (χ0v) is 16.9. The quantitative estimate of drug-likeness (QED) is 0.688. The van der Waals surface area contributed by atoms with Crippen LogP contribution in [0.5, 0.6) is 0 Å². The molecule has 0 bridgehead atoms. The lowest BCUT2D eigenvalue weighted by molar-refractivity contribution is 0.102. The second-order valence-corrected chi connectivity index (χ2v) is 8.63. The summed E-state index contributed by atoms with van der Waals surface area (Å²) in [6.45, 7) is 4.61. The lowest BCUT2D eigenvalue weighted by Gasteiger charge is -2.29. The molecule has 0 atom stereocenters. The van der Waals surface area contributed by atoms with Gasteiger partial charge in [0.1, 0.15) is 0 Å². The number of hydrogen-bond acceptors (Lipinski definition) is 5. The number of pyridine rings is 1. The van der Waals surface area contributed by atoms with E-state index in [1.807, 2.05) is 24.3 Å². The number of carbonyl (C=O) groups is 1. The van der Waals surface area contributed by atoms with Crippen LogP contribution in [0.1, 0.15) is 28.5 Å². The lowest BCUT2D eigenvalue weighted by Crippen LogP contribution is -2.33. The minimum atomic E-state index is -3.78. The van der Waals surface area contributed by atoms with Crippen molar-refractivity contribution in [3.05, 3.63) is 65.4 Å². The van der Waals surface area contributed by atoms with Gasteiger partial charge in [-0.2, -0.15) is 0 Å². The molecule has 2 heterocycles. The van der Waals surface area contributed by atoms with Crippen LogP contribution in [0.4, 0.5) is 5.69 Å². The number of rotatable bonds is 4. The van der Waals surface area contributed by atoms with E-state index in [0.717, 1.165) is 41.7 Å². The highest BCUT2D eigenvalue weighted by atomic mass is 32.2. The topological polar surface area (TPSA) is 105 Å². The number of nitrogens with two attached hydrogens (primary N) is 1. The number of fused-ring (bicyclic) bond motifs is 2. The van der Waals surface area contributed by atoms with E-state index >= 15 is 0 Å². The standard InChI is InChI=1S/C21H22N4O3S/c1-2-25-12-11-19-17(13-25)20(16-5-3-4-6-18(16)24-19)21(26)23-14-7-9-15(10-8-14)29(22,27)28/h3-10H,2,11-13H2,1H3,(H,23,26)(H2,22,27,28). The van der Waals surface area contributed by atoms with Crippen molar-refractivity contribution in [2.75, 3.05) is 18.4 Å². The SMILES string of the molecule is CCN1CCc2nc3ccccc3c(C(=O)Nc3ccc(S(N)(=O)=O)cc3)c2C1. The van der Waals surface area contributed by atoms with E-state index < -0.39 is 10.0 Å². The second kappa shape index (κ2) is 7.55. The van der Waals surface area contributed by atoms with E-state index in [9.17, 15) is 13.2 Å². The van der Waals surface area contributed by atoms with Gasteiger partial charge in [-0.15, -0.1) is 0 Å². The molecule has 29 heavy (non-hydrogen) atoms. The van der Waals surface area contributed by atoms with Gasteiger partial charge in [0.25, 0.3) is 5.91 Å². The molecule has 150 valence electrons. The number of anilines is 1. The number of nitrogens with zero attached hydrogens (tertiary/aromatic N) is 2. The summed E-state index contributed by atoms with van der Waals surface area (Å²) in [6.07, 6.45) is 0.803. The number of sulfonamides is 1. The summed E-state index contributed by atoms with van der Waals surface area (Å²) in [4.78, 5) is 20.4. The Labute approximate surface area is 169 Å². The summed E-state index contributed by atoms with van der Waals surface area (Å²) < 4.78 is 22.9. The van der Waals surface area contributed by atoms with Gasteiger partial charge >= 0.3 is 0 Å². The maximum absolute atomic E-state index is 13.3. The number of nitrogens with one attached hydrogen (secondary N) is 1. The third-order valence-corrected chi connectivity index (χ3v) is 6.17. The molecule has 2 aromatic carbocycles. The van der Waals surface area contributed by atoms with Gasteiger partial charge < -0.3 is 5.32 Å². The average Bonchev–Trinajstić information content (AvgIpc) is 2.71. The molecule has 1 aromatic heterocycles. The Hall–Kier alpha value is -2.81. The van der Waals surface area contributed by atoms with Gasteiger partial charge in [-0.3, -0.25) is 14.7 Å². The molecule has 1 aliphatic heterocycles. The van der Waals surface area contributed by atoms with Crippen molar-refractivity contribution in [1.82, 2.24) is 9.88 Å². The first-order valence-electron chi connectivity index (χ1n) is 9.44. The van der Waals surface area contributed by atoms with Crippen LogP contribution in [0.15, 0.2) is 53.4 Å². The number of para-hydroxylation sites is 1. The highest BCUT2D eigenvalue weighted by Crippen LogP contribution is 2.29. The van der Waals surface area contributed by atoms with Gasteiger partial charge in [0.05, 0.1) is 16.0 Å². The summed E-state index contributed by atoms with van der Waals surface area (Å²) in [6, 6.07) is 13.5. The Balaban J connectivity index is 1.75. The van der Waals surface area contributed by atoms with Crippen molar-refractivity contribution in [2.45, 2.75) is 24.8 Å². The van der Waals surface area contributed by atoms with Gasteiger partial charge in [-0.25, -0.2) is 13.6 Å². The number of carbonyl (C=O) groups excluding carboxylic acids is 1. The van der Waals surface area contributed by atoms with Crippen LogP contribution in [0.25, 0.3) is 10.9 Å². The fourth-order valence-electron chi connectivity index (χ4n) is 3.70. The average molecular weight is 410 g/mol. The van der Waals surface area contributed by atoms with Gasteiger partial charge in [-0.05, 0) is 36.9 Å². The number of benzene rings is 2. The largest absolute Gasteiger partial charge is 0.322 e. The van der Waals surface area contributed by atoms with Gasteiger partial charge in [0, 0.05) is 41.8 Å². The zero-order valence-electron chi connectivity index (χ0n) is 16.1. The molecular formula is C21H22N4O3S. The Bertz CT molecular complexity index is 1190. The molecule has 3 aromatic rings. The monoisotopic (exact) mass is 410 g/mol. The summed E-state index contributed by atoms with van der Waals surface area (Å²) in [5.74, 6) is -0.235. The van der Waals surface area contributed by atoms with Crippen LogP contribution in [0.3, 0.4) is 0 Å². The van der Waals surface area contributed by atoms with E-state index in [4.69, 9.17) is 10.1 Å². The predicted molar refractivity (Wildman–Crippen MR) is 112 cm³/mol. The van der Waals surface area contributed by atoms with Crippen molar-refractivity contribution in [3.8, 4) is 0 Å². The summed E-state index contributed by atoms with van der Waals surface area (Å²) >= 11 is 0. The van der Waals surface area contributed by atoms with E-state index in [1.54, 1.807) is 0 Å². The predicted octanol–water partition coefficient (Wildman–Crippen LogP) is 2.51. The molecule has 0 unspecified atom stereocenters. The molecule has 8 heteroatoms. The summed E-state index contributed by atoms with van der Waals surface area (Å²) in [7, 11) is -3.78. The molecule has 0 radical (unpaired) electrons. The zero-order chi connectivity index (χ0) is 20.6. The first kappa shape index (κ1) is 19.5. The van der Waals surface area contributed by atoms with Crippen molar-refractivity contribution in [1.29, 1.82) is 0 Å². The molecule has 0 fully saturated rings. The number of likely N-dealkylation sites (N-methyl/N-ethyl adjacent to an activating group) is 1. The number of aromatic nitrogens is 1. The van der Waals surface area contributed by atoms with Crippen LogP contribution >= 0.6 is 0 Å². The van der Waals surface area contributed by atoms with Crippen molar-refractivity contribution < 1.29 is 13.2 Å². The highest BCUT2D eigenvalue weighted by molar-refractivity contribution is 7.89. The normalized spacial score (nSPS) is 14.6. The van der Waals surface area contributed by atoms with E-state index in [0.29, 0.717) is 17.8 Å². The van der Waals surface area contributed by atoms with Crippen LogP contribution in [0, 0.1) is 0 Å². The highest BCUT2D eigenvalue weighted by Gasteiger charge is 2.25. The molecule has 4 rings (SSSR count). The van der Waals surface area contributed by atoms with Crippen LogP contribution in [-0.4, -0.2) is 37.3 Å². The Kier molecular flexibility index (Phi) is 5.08. The third-order valence-electron chi connectivity index (χ3n) is 5.24. The molecule has 3 N–H and O–H groups in total. The third kappa shape index (κ3) is 3.87. The smallest absolute Gasteiger partial charge is 0.256 e. The molecular weight excluding hydrogens is 388 g/mol.